The Bertz CT molecular complexity index is 368. The molecule has 0 saturated heterocycles. The molecule has 1 rings (SSSR count). The van der Waals surface area contributed by atoms with Crippen molar-refractivity contribution in [1.29, 1.82) is 0 Å². The molecule has 16 heavy (non-hydrogen) atoms. The van der Waals surface area contributed by atoms with Crippen LogP contribution in [0.4, 0.5) is 0 Å². The predicted molar refractivity (Wildman–Crippen MR) is 63.6 cm³/mol. The second kappa shape index (κ2) is 5.43. The fourth-order valence-corrected chi connectivity index (χ4v) is 1.50. The van der Waals surface area contributed by atoms with Crippen LogP contribution in [0.1, 0.15) is 13.8 Å². The molecule has 0 radical (unpaired) electrons. The van der Waals surface area contributed by atoms with Crippen molar-refractivity contribution in [3.8, 4) is 11.5 Å². The highest BCUT2D eigenvalue weighted by Gasteiger charge is 2.18. The summed E-state index contributed by atoms with van der Waals surface area (Å²) < 4.78 is 10.6. The third-order valence-corrected chi connectivity index (χ3v) is 2.18. The molecule has 0 aliphatic heterocycles. The third kappa shape index (κ3) is 3.04. The Morgan fingerprint density at radius 1 is 1.31 bits per heavy atom. The van der Waals surface area contributed by atoms with E-state index in [1.165, 1.54) is 19.2 Å². The van der Waals surface area contributed by atoms with Crippen LogP contribution in [-0.4, -0.2) is 30.4 Å². The normalized spacial score (nSPS) is 10.4. The van der Waals surface area contributed by atoms with E-state index in [9.17, 15) is 0 Å². The summed E-state index contributed by atoms with van der Waals surface area (Å²) in [5.41, 5.74) is 0.262. The van der Waals surface area contributed by atoms with Crippen molar-refractivity contribution >= 4 is 24.2 Å². The van der Waals surface area contributed by atoms with Crippen molar-refractivity contribution in [3.63, 3.8) is 0 Å². The molecule has 0 aliphatic carbocycles. The van der Waals surface area contributed by atoms with Crippen LogP contribution in [0.5, 0.6) is 11.5 Å². The molecule has 1 aromatic rings. The first kappa shape index (κ1) is 13.2. The summed E-state index contributed by atoms with van der Waals surface area (Å²) in [4.78, 5) is 0. The summed E-state index contributed by atoms with van der Waals surface area (Å²) in [5, 5.41) is 18.4. The third-order valence-electron chi connectivity index (χ3n) is 1.90. The van der Waals surface area contributed by atoms with Crippen molar-refractivity contribution in [2.45, 2.75) is 20.0 Å². The molecule has 0 spiro atoms. The summed E-state index contributed by atoms with van der Waals surface area (Å²) in [6, 6.07) is 2.92. The standard InChI is InChI=1S/C10H14BClO4/c1-6(2)16-10-8(12)4-7(11(13)14)5-9(10)15-3/h4-6,13-14H,1-3H3. The number of hydrogen-bond acceptors (Lipinski definition) is 4. The van der Waals surface area contributed by atoms with E-state index in [0.29, 0.717) is 11.5 Å². The first-order valence-corrected chi connectivity index (χ1v) is 5.23. The predicted octanol–water partition coefficient (Wildman–Crippen LogP) is 0.816. The second-order valence-electron chi connectivity index (χ2n) is 3.57. The Labute approximate surface area is 99.9 Å². The molecule has 0 bridgehead atoms. The average molecular weight is 244 g/mol. The molecular formula is C10H14BClO4. The van der Waals surface area contributed by atoms with Crippen LogP contribution in [0, 0.1) is 0 Å². The van der Waals surface area contributed by atoms with Gasteiger partial charge in [-0.15, -0.1) is 0 Å². The first-order chi connectivity index (χ1) is 7.45. The van der Waals surface area contributed by atoms with Crippen molar-refractivity contribution < 1.29 is 19.5 Å². The number of methoxy groups -OCH3 is 1. The van der Waals surface area contributed by atoms with Gasteiger partial charge in [-0.25, -0.2) is 0 Å². The van der Waals surface area contributed by atoms with E-state index in [0.717, 1.165) is 0 Å². The Morgan fingerprint density at radius 3 is 2.38 bits per heavy atom. The van der Waals surface area contributed by atoms with E-state index < -0.39 is 7.12 Å². The van der Waals surface area contributed by atoms with E-state index in [2.05, 4.69) is 0 Å². The van der Waals surface area contributed by atoms with Gasteiger partial charge in [-0.05, 0) is 31.4 Å². The van der Waals surface area contributed by atoms with Crippen molar-refractivity contribution in [2.75, 3.05) is 7.11 Å². The van der Waals surface area contributed by atoms with Gasteiger partial charge < -0.3 is 19.5 Å². The van der Waals surface area contributed by atoms with E-state index >= 15 is 0 Å². The number of ether oxygens (including phenoxy) is 2. The lowest BCUT2D eigenvalue weighted by Gasteiger charge is -2.16. The van der Waals surface area contributed by atoms with Gasteiger partial charge >= 0.3 is 7.12 Å². The molecule has 2 N–H and O–H groups in total. The molecule has 0 unspecified atom stereocenters. The summed E-state index contributed by atoms with van der Waals surface area (Å²) in [6.45, 7) is 3.73. The van der Waals surface area contributed by atoms with Gasteiger partial charge in [-0.2, -0.15) is 0 Å². The molecule has 6 heteroatoms. The van der Waals surface area contributed by atoms with Crippen LogP contribution >= 0.6 is 11.6 Å². The Hall–Kier alpha value is -0.905. The second-order valence-corrected chi connectivity index (χ2v) is 3.98. The molecule has 4 nitrogen and oxygen atoms in total. The SMILES string of the molecule is COc1cc(B(O)O)cc(Cl)c1OC(C)C. The highest BCUT2D eigenvalue weighted by molar-refractivity contribution is 6.59. The topological polar surface area (TPSA) is 58.9 Å². The maximum Gasteiger partial charge on any atom is 0.488 e. The monoisotopic (exact) mass is 244 g/mol. The van der Waals surface area contributed by atoms with Crippen LogP contribution < -0.4 is 14.9 Å². The van der Waals surface area contributed by atoms with E-state index in [1.807, 2.05) is 13.8 Å². The smallest absolute Gasteiger partial charge is 0.488 e. The molecule has 0 amide bonds. The average Bonchev–Trinajstić information content (AvgIpc) is 2.19. The minimum absolute atomic E-state index is 0.0451. The summed E-state index contributed by atoms with van der Waals surface area (Å²) in [7, 11) is -0.119. The lowest BCUT2D eigenvalue weighted by molar-refractivity contribution is 0.230. The minimum Gasteiger partial charge on any atom is -0.493 e. The van der Waals surface area contributed by atoms with E-state index in [4.69, 9.17) is 31.1 Å². The molecule has 0 fully saturated rings. The molecule has 0 saturated carbocycles. The lowest BCUT2D eigenvalue weighted by atomic mass is 9.80. The molecule has 0 aliphatic rings. The van der Waals surface area contributed by atoms with Crippen molar-refractivity contribution in [1.82, 2.24) is 0 Å². The van der Waals surface area contributed by atoms with Crippen molar-refractivity contribution in [2.24, 2.45) is 0 Å². The van der Waals surface area contributed by atoms with Crippen LogP contribution in [-0.2, 0) is 0 Å². The van der Waals surface area contributed by atoms with Gasteiger partial charge in [0.2, 0.25) is 0 Å². The van der Waals surface area contributed by atoms with Gasteiger partial charge in [0, 0.05) is 0 Å². The fraction of sp³-hybridized carbons (Fsp3) is 0.400. The van der Waals surface area contributed by atoms with Crippen molar-refractivity contribution in [3.05, 3.63) is 17.2 Å². The molecular weight excluding hydrogens is 230 g/mol. The number of benzene rings is 1. The number of rotatable bonds is 4. The Balaban J connectivity index is 3.17. The van der Waals surface area contributed by atoms with E-state index in [1.54, 1.807) is 0 Å². The van der Waals surface area contributed by atoms with Crippen LogP contribution in [0.3, 0.4) is 0 Å². The summed E-state index contributed by atoms with van der Waals surface area (Å²) >= 11 is 5.97. The van der Waals surface area contributed by atoms with Gasteiger partial charge in [-0.3, -0.25) is 0 Å². The maximum absolute atomic E-state index is 9.04. The van der Waals surface area contributed by atoms with Gasteiger partial charge in [0.15, 0.2) is 11.5 Å². The van der Waals surface area contributed by atoms with E-state index in [-0.39, 0.29) is 16.6 Å². The number of hydrogen-bond donors (Lipinski definition) is 2. The van der Waals surface area contributed by atoms with Crippen LogP contribution in [0.25, 0.3) is 0 Å². The Morgan fingerprint density at radius 2 is 1.94 bits per heavy atom. The van der Waals surface area contributed by atoms with Gasteiger partial charge in [-0.1, -0.05) is 11.6 Å². The zero-order valence-corrected chi connectivity index (χ0v) is 10.2. The molecule has 0 aromatic heterocycles. The zero-order valence-electron chi connectivity index (χ0n) is 9.40. The largest absolute Gasteiger partial charge is 0.493 e. The quantitative estimate of drug-likeness (QED) is 0.770. The molecule has 88 valence electrons. The summed E-state index contributed by atoms with van der Waals surface area (Å²) in [6.07, 6.45) is -0.0451. The maximum atomic E-state index is 9.04. The van der Waals surface area contributed by atoms with Gasteiger partial charge in [0.05, 0.1) is 18.2 Å². The zero-order chi connectivity index (χ0) is 12.3. The first-order valence-electron chi connectivity index (χ1n) is 4.86. The van der Waals surface area contributed by atoms with Gasteiger partial charge in [0.25, 0.3) is 0 Å². The van der Waals surface area contributed by atoms with Gasteiger partial charge in [0.1, 0.15) is 0 Å². The molecule has 0 heterocycles. The highest BCUT2D eigenvalue weighted by atomic mass is 35.5. The molecule has 0 atom stereocenters. The minimum atomic E-state index is -1.58. The molecule has 1 aromatic carbocycles. The lowest BCUT2D eigenvalue weighted by Crippen LogP contribution is -2.30. The number of halogens is 1. The van der Waals surface area contributed by atoms with Crippen LogP contribution in [0.15, 0.2) is 12.1 Å². The Kier molecular flexibility index (Phi) is 4.47. The highest BCUT2D eigenvalue weighted by Crippen LogP contribution is 2.34. The fourth-order valence-electron chi connectivity index (χ4n) is 1.24. The van der Waals surface area contributed by atoms with Crippen LogP contribution in [0.2, 0.25) is 5.02 Å². The summed E-state index contributed by atoms with van der Waals surface area (Å²) in [5.74, 6) is 0.785.